The van der Waals surface area contributed by atoms with Crippen LogP contribution in [0.1, 0.15) is 11.1 Å². The van der Waals surface area contributed by atoms with Crippen molar-refractivity contribution < 1.29 is 4.74 Å². The molecule has 0 aliphatic carbocycles. The second kappa shape index (κ2) is 8.69. The Kier molecular flexibility index (Phi) is 5.44. The van der Waals surface area contributed by atoms with Crippen LogP contribution >= 0.6 is 0 Å². The molecule has 3 aromatic heterocycles. The summed E-state index contributed by atoms with van der Waals surface area (Å²) in [5.41, 5.74) is 5.82. The first-order valence-electron chi connectivity index (χ1n) is 10.7. The van der Waals surface area contributed by atoms with E-state index in [-0.39, 0.29) is 6.10 Å². The van der Waals surface area contributed by atoms with Crippen LogP contribution in [0.3, 0.4) is 0 Å². The summed E-state index contributed by atoms with van der Waals surface area (Å²) in [6.45, 7) is 2.30. The number of nitrogens with zero attached hydrogens (tertiary/aromatic N) is 4. The molecule has 1 aromatic carbocycles. The van der Waals surface area contributed by atoms with Gasteiger partial charge >= 0.3 is 0 Å². The number of benzene rings is 1. The van der Waals surface area contributed by atoms with Gasteiger partial charge in [0.05, 0.1) is 23.9 Å². The van der Waals surface area contributed by atoms with Gasteiger partial charge < -0.3 is 19.9 Å². The van der Waals surface area contributed by atoms with Gasteiger partial charge in [0.2, 0.25) is 5.88 Å². The van der Waals surface area contributed by atoms with E-state index in [9.17, 15) is 0 Å². The average Bonchev–Trinajstić information content (AvgIpc) is 3.22. The number of rotatable bonds is 6. The minimum atomic E-state index is 0.0177. The smallest absolute Gasteiger partial charge is 0.237 e. The fraction of sp³-hybridized carbons (Fsp3) is 0.240. The lowest BCUT2D eigenvalue weighted by Gasteiger charge is -2.27. The van der Waals surface area contributed by atoms with Gasteiger partial charge in [-0.1, -0.05) is 12.1 Å². The third-order valence-corrected chi connectivity index (χ3v) is 5.74. The predicted octanol–water partition coefficient (Wildman–Crippen LogP) is 3.51. The van der Waals surface area contributed by atoms with Gasteiger partial charge in [-0.25, -0.2) is 9.97 Å². The number of aryl methyl sites for hydroxylation is 1. The van der Waals surface area contributed by atoms with Crippen LogP contribution < -0.4 is 15.4 Å². The first kappa shape index (κ1) is 20.0. The van der Waals surface area contributed by atoms with E-state index in [0.29, 0.717) is 11.4 Å². The predicted molar refractivity (Wildman–Crippen MR) is 125 cm³/mol. The summed E-state index contributed by atoms with van der Waals surface area (Å²) in [6, 6.07) is 16.1. The first-order valence-corrected chi connectivity index (χ1v) is 10.7. The van der Waals surface area contributed by atoms with E-state index >= 15 is 0 Å². The molecule has 0 amide bonds. The Labute approximate surface area is 186 Å². The molecule has 32 heavy (non-hydrogen) atoms. The fourth-order valence-corrected chi connectivity index (χ4v) is 3.92. The second-order valence-electron chi connectivity index (χ2n) is 8.02. The van der Waals surface area contributed by atoms with Gasteiger partial charge in [-0.05, 0) is 48.9 Å². The summed E-state index contributed by atoms with van der Waals surface area (Å²) < 4.78 is 8.10. The number of ether oxygens (including phenoxy) is 1. The molecule has 7 heteroatoms. The largest absolute Gasteiger partial charge is 0.470 e. The van der Waals surface area contributed by atoms with Crippen LogP contribution in [0.15, 0.2) is 61.1 Å². The Morgan fingerprint density at radius 2 is 1.97 bits per heavy atom. The molecule has 4 aromatic rings. The second-order valence-corrected chi connectivity index (χ2v) is 8.02. The molecule has 0 saturated heterocycles. The minimum absolute atomic E-state index is 0.0177. The highest BCUT2D eigenvalue weighted by Gasteiger charge is 2.21. The third kappa shape index (κ3) is 4.13. The van der Waals surface area contributed by atoms with Crippen molar-refractivity contribution in [1.82, 2.24) is 19.9 Å². The SMILES string of the molecule is Cn1ccc2cc(-c3cnc4c(c3)NC[C@@H](CNCCc3ccc(C#N)cc3)O4)cnc21. The molecule has 5 rings (SSSR count). The summed E-state index contributed by atoms with van der Waals surface area (Å²) >= 11 is 0. The molecule has 0 bridgehead atoms. The van der Waals surface area contributed by atoms with Crippen LogP contribution in [0, 0.1) is 11.3 Å². The third-order valence-electron chi connectivity index (χ3n) is 5.74. The van der Waals surface area contributed by atoms with Gasteiger partial charge in [-0.3, -0.25) is 0 Å². The molecule has 160 valence electrons. The van der Waals surface area contributed by atoms with E-state index < -0.39 is 0 Å². The zero-order valence-electron chi connectivity index (χ0n) is 17.9. The molecule has 0 radical (unpaired) electrons. The Bertz CT molecular complexity index is 1290. The van der Waals surface area contributed by atoms with Crippen LogP contribution in [0.25, 0.3) is 22.2 Å². The minimum Gasteiger partial charge on any atom is -0.470 e. The van der Waals surface area contributed by atoms with Crippen LogP contribution in [-0.4, -0.2) is 40.3 Å². The van der Waals surface area contributed by atoms with Crippen LogP contribution in [0.2, 0.25) is 0 Å². The van der Waals surface area contributed by atoms with Gasteiger partial charge in [0.15, 0.2) is 0 Å². The molecule has 4 heterocycles. The highest BCUT2D eigenvalue weighted by atomic mass is 16.5. The van der Waals surface area contributed by atoms with Crippen LogP contribution in [0.5, 0.6) is 5.88 Å². The van der Waals surface area contributed by atoms with Crippen molar-refractivity contribution in [2.45, 2.75) is 12.5 Å². The number of hydrogen-bond acceptors (Lipinski definition) is 6. The van der Waals surface area contributed by atoms with Gasteiger partial charge in [0.25, 0.3) is 0 Å². The summed E-state index contributed by atoms with van der Waals surface area (Å²) in [6.07, 6.45) is 6.66. The number of nitriles is 1. The lowest BCUT2D eigenvalue weighted by molar-refractivity contribution is 0.194. The summed E-state index contributed by atoms with van der Waals surface area (Å²) in [7, 11) is 2.00. The van der Waals surface area contributed by atoms with Crippen molar-refractivity contribution in [1.29, 1.82) is 5.26 Å². The van der Waals surface area contributed by atoms with E-state index in [1.165, 1.54) is 5.56 Å². The Morgan fingerprint density at radius 3 is 2.81 bits per heavy atom. The fourth-order valence-electron chi connectivity index (χ4n) is 3.92. The molecule has 0 unspecified atom stereocenters. The van der Waals surface area contributed by atoms with Crippen molar-refractivity contribution in [3.8, 4) is 23.1 Å². The zero-order chi connectivity index (χ0) is 21.9. The molecule has 1 atom stereocenters. The summed E-state index contributed by atoms with van der Waals surface area (Å²) in [5.74, 6) is 0.632. The maximum atomic E-state index is 8.88. The van der Waals surface area contributed by atoms with Gasteiger partial charge in [-0.15, -0.1) is 0 Å². The zero-order valence-corrected chi connectivity index (χ0v) is 17.9. The monoisotopic (exact) mass is 424 g/mol. The van der Waals surface area contributed by atoms with Crippen molar-refractivity contribution in [3.05, 3.63) is 72.2 Å². The van der Waals surface area contributed by atoms with Crippen molar-refractivity contribution in [2.24, 2.45) is 7.05 Å². The van der Waals surface area contributed by atoms with Gasteiger partial charge in [0, 0.05) is 48.7 Å². The number of anilines is 1. The van der Waals surface area contributed by atoms with E-state index in [1.54, 1.807) is 0 Å². The summed E-state index contributed by atoms with van der Waals surface area (Å²) in [5, 5.41) is 16.9. The normalized spacial score (nSPS) is 14.9. The highest BCUT2D eigenvalue weighted by Crippen LogP contribution is 2.32. The number of hydrogen-bond donors (Lipinski definition) is 2. The van der Waals surface area contributed by atoms with Gasteiger partial charge in [0.1, 0.15) is 11.8 Å². The van der Waals surface area contributed by atoms with E-state index in [0.717, 1.165) is 53.9 Å². The van der Waals surface area contributed by atoms with Crippen LogP contribution in [0.4, 0.5) is 5.69 Å². The maximum absolute atomic E-state index is 8.88. The topological polar surface area (TPSA) is 87.8 Å². The highest BCUT2D eigenvalue weighted by molar-refractivity contribution is 5.82. The Hall–Kier alpha value is -3.89. The molecular weight excluding hydrogens is 400 g/mol. The molecule has 0 spiro atoms. The molecular formula is C25H24N6O. The first-order chi connectivity index (χ1) is 15.7. The van der Waals surface area contributed by atoms with E-state index in [2.05, 4.69) is 44.9 Å². The van der Waals surface area contributed by atoms with Crippen molar-refractivity contribution >= 4 is 16.7 Å². The van der Waals surface area contributed by atoms with E-state index in [1.807, 2.05) is 54.5 Å². The number of pyridine rings is 2. The van der Waals surface area contributed by atoms with Crippen molar-refractivity contribution in [2.75, 3.05) is 25.0 Å². The molecule has 1 aliphatic rings. The average molecular weight is 425 g/mol. The lowest BCUT2D eigenvalue weighted by Crippen LogP contribution is -2.40. The summed E-state index contributed by atoms with van der Waals surface area (Å²) in [4.78, 5) is 9.13. The molecule has 0 saturated carbocycles. The quantitative estimate of drug-likeness (QED) is 0.461. The molecule has 7 nitrogen and oxygen atoms in total. The van der Waals surface area contributed by atoms with Crippen LogP contribution in [-0.2, 0) is 13.5 Å². The molecule has 2 N–H and O–H groups in total. The molecule has 1 aliphatic heterocycles. The van der Waals surface area contributed by atoms with Gasteiger partial charge in [-0.2, -0.15) is 5.26 Å². The maximum Gasteiger partial charge on any atom is 0.237 e. The standard InChI is InChI=1S/C25H24N6O/c1-31-9-7-19-10-20(13-29-24(19)31)21-11-23-25(30-14-21)32-22(16-28-23)15-27-8-6-17-2-4-18(12-26)5-3-17/h2-5,7,9-11,13-14,22,27-28H,6,8,15-16H2,1H3/t22-/m1/s1. The Morgan fingerprint density at radius 1 is 1.16 bits per heavy atom. The van der Waals surface area contributed by atoms with Crippen molar-refractivity contribution in [3.63, 3.8) is 0 Å². The van der Waals surface area contributed by atoms with E-state index in [4.69, 9.17) is 10.00 Å². The Balaban J connectivity index is 1.17. The lowest BCUT2D eigenvalue weighted by atomic mass is 10.1. The number of nitrogens with one attached hydrogen (secondary N) is 2. The number of aromatic nitrogens is 3. The number of fused-ring (bicyclic) bond motifs is 2. The molecule has 0 fully saturated rings.